The van der Waals surface area contributed by atoms with E-state index < -0.39 is 5.97 Å². The number of ketones is 1. The Bertz CT molecular complexity index is 880. The quantitative estimate of drug-likeness (QED) is 0.560. The number of benzene rings is 1. The number of rotatable bonds is 5. The van der Waals surface area contributed by atoms with Gasteiger partial charge in [-0.2, -0.15) is 0 Å². The first kappa shape index (κ1) is 16.0. The van der Waals surface area contributed by atoms with Gasteiger partial charge >= 0.3 is 5.97 Å². The number of esters is 1. The molecule has 0 saturated carbocycles. The standard InChI is InChI=1S/C17H13ClN2O4/c1-10(21)12-6-14(19-7-12)17(22)23-9-16-20-8-15(24-16)11-2-4-13(18)5-3-11/h2-8,19H,9H2,1H3. The molecule has 2 aromatic heterocycles. The number of ether oxygens (including phenoxy) is 1. The molecule has 0 aliphatic carbocycles. The highest BCUT2D eigenvalue weighted by Gasteiger charge is 2.14. The molecule has 122 valence electrons. The number of oxazole rings is 1. The average molecular weight is 345 g/mol. The minimum Gasteiger partial charge on any atom is -0.451 e. The Balaban J connectivity index is 1.63. The van der Waals surface area contributed by atoms with Crippen LogP contribution in [0.25, 0.3) is 11.3 Å². The van der Waals surface area contributed by atoms with E-state index in [-0.39, 0.29) is 24.0 Å². The first-order valence-corrected chi connectivity index (χ1v) is 7.48. The summed E-state index contributed by atoms with van der Waals surface area (Å²) >= 11 is 5.84. The lowest BCUT2D eigenvalue weighted by molar-refractivity contribution is 0.0433. The molecule has 0 unspecified atom stereocenters. The number of aromatic nitrogens is 2. The zero-order valence-corrected chi connectivity index (χ0v) is 13.5. The predicted molar refractivity (Wildman–Crippen MR) is 86.9 cm³/mol. The summed E-state index contributed by atoms with van der Waals surface area (Å²) in [5.74, 6) is 0.0995. The molecular formula is C17H13ClN2O4. The summed E-state index contributed by atoms with van der Waals surface area (Å²) in [4.78, 5) is 29.9. The lowest BCUT2D eigenvalue weighted by Crippen LogP contribution is -2.05. The fourth-order valence-electron chi connectivity index (χ4n) is 2.05. The lowest BCUT2D eigenvalue weighted by atomic mass is 10.2. The molecule has 0 spiro atoms. The molecule has 6 nitrogen and oxygen atoms in total. The van der Waals surface area contributed by atoms with Gasteiger partial charge in [-0.05, 0) is 37.3 Å². The number of nitrogens with zero attached hydrogens (tertiary/aromatic N) is 1. The van der Waals surface area contributed by atoms with Crippen molar-refractivity contribution in [3.8, 4) is 11.3 Å². The van der Waals surface area contributed by atoms with Crippen molar-refractivity contribution in [3.63, 3.8) is 0 Å². The molecule has 3 rings (SSSR count). The minimum absolute atomic E-state index is 0.110. The van der Waals surface area contributed by atoms with Crippen molar-refractivity contribution in [1.82, 2.24) is 9.97 Å². The van der Waals surface area contributed by atoms with E-state index in [0.29, 0.717) is 16.3 Å². The fourth-order valence-corrected chi connectivity index (χ4v) is 2.17. The third-order valence-electron chi connectivity index (χ3n) is 3.32. The Kier molecular flexibility index (Phi) is 4.48. The third-order valence-corrected chi connectivity index (χ3v) is 3.57. The van der Waals surface area contributed by atoms with Crippen LogP contribution in [0.5, 0.6) is 0 Å². The van der Waals surface area contributed by atoms with Gasteiger partial charge in [-0.1, -0.05) is 11.6 Å². The van der Waals surface area contributed by atoms with Gasteiger partial charge in [0.05, 0.1) is 6.20 Å². The zero-order valence-electron chi connectivity index (χ0n) is 12.7. The van der Waals surface area contributed by atoms with E-state index in [1.165, 1.54) is 19.2 Å². The smallest absolute Gasteiger partial charge is 0.355 e. The van der Waals surface area contributed by atoms with Gasteiger partial charge in [-0.25, -0.2) is 9.78 Å². The molecule has 24 heavy (non-hydrogen) atoms. The molecule has 0 amide bonds. The number of nitrogens with one attached hydrogen (secondary N) is 1. The van der Waals surface area contributed by atoms with E-state index in [1.807, 2.05) is 0 Å². The molecule has 1 aromatic carbocycles. The highest BCUT2D eigenvalue weighted by molar-refractivity contribution is 6.30. The summed E-state index contributed by atoms with van der Waals surface area (Å²) in [6.45, 7) is 1.31. The van der Waals surface area contributed by atoms with Crippen LogP contribution in [0.2, 0.25) is 5.02 Å². The van der Waals surface area contributed by atoms with E-state index >= 15 is 0 Å². The van der Waals surface area contributed by atoms with Gasteiger partial charge in [0.2, 0.25) is 5.89 Å². The van der Waals surface area contributed by atoms with Crippen molar-refractivity contribution in [1.29, 1.82) is 0 Å². The molecule has 1 N–H and O–H groups in total. The van der Waals surface area contributed by atoms with Crippen LogP contribution in [0, 0.1) is 0 Å². The Labute approximate surface area is 142 Å². The van der Waals surface area contributed by atoms with Crippen molar-refractivity contribution in [2.75, 3.05) is 0 Å². The maximum atomic E-state index is 11.9. The Morgan fingerprint density at radius 3 is 2.71 bits per heavy atom. The van der Waals surface area contributed by atoms with E-state index in [4.69, 9.17) is 20.8 Å². The summed E-state index contributed by atoms with van der Waals surface area (Å²) in [6, 6.07) is 8.55. The summed E-state index contributed by atoms with van der Waals surface area (Å²) in [7, 11) is 0. The van der Waals surface area contributed by atoms with Crippen molar-refractivity contribution in [2.24, 2.45) is 0 Å². The summed E-state index contributed by atoms with van der Waals surface area (Å²) in [5, 5.41) is 0.628. The van der Waals surface area contributed by atoms with Crippen molar-refractivity contribution >= 4 is 23.4 Å². The number of H-pyrrole nitrogens is 1. The summed E-state index contributed by atoms with van der Waals surface area (Å²) in [6.07, 6.45) is 3.01. The van der Waals surface area contributed by atoms with Crippen LogP contribution in [0.4, 0.5) is 0 Å². The lowest BCUT2D eigenvalue weighted by Gasteiger charge is -2.00. The van der Waals surface area contributed by atoms with Gasteiger partial charge < -0.3 is 14.1 Å². The summed E-state index contributed by atoms with van der Waals surface area (Å²) < 4.78 is 10.7. The maximum Gasteiger partial charge on any atom is 0.355 e. The molecular weight excluding hydrogens is 332 g/mol. The topological polar surface area (TPSA) is 85.2 Å². The second-order valence-corrected chi connectivity index (χ2v) is 5.50. The van der Waals surface area contributed by atoms with Gasteiger partial charge in [0, 0.05) is 22.3 Å². The molecule has 0 saturated heterocycles. The van der Waals surface area contributed by atoms with Gasteiger partial charge in [0.1, 0.15) is 5.69 Å². The number of carbonyl (C=O) groups is 2. The van der Waals surface area contributed by atoms with Gasteiger partial charge in [0.25, 0.3) is 0 Å². The predicted octanol–water partition coefficient (Wildman–Crippen LogP) is 3.88. The molecule has 0 radical (unpaired) electrons. The Hall–Kier alpha value is -2.86. The normalized spacial score (nSPS) is 10.6. The van der Waals surface area contributed by atoms with Crippen LogP contribution in [0.15, 0.2) is 47.1 Å². The van der Waals surface area contributed by atoms with Crippen molar-refractivity contribution < 1.29 is 18.7 Å². The number of hydrogen-bond acceptors (Lipinski definition) is 5. The van der Waals surface area contributed by atoms with E-state index in [0.717, 1.165) is 5.56 Å². The number of hydrogen-bond donors (Lipinski definition) is 1. The van der Waals surface area contributed by atoms with Crippen LogP contribution >= 0.6 is 11.6 Å². The largest absolute Gasteiger partial charge is 0.451 e. The molecule has 3 aromatic rings. The Morgan fingerprint density at radius 1 is 1.29 bits per heavy atom. The first-order chi connectivity index (χ1) is 11.5. The highest BCUT2D eigenvalue weighted by Crippen LogP contribution is 2.22. The monoisotopic (exact) mass is 344 g/mol. The molecule has 0 bridgehead atoms. The number of Topliss-reactive ketones (excluding diaryl/α,β-unsaturated/α-hetero) is 1. The van der Waals surface area contributed by atoms with E-state index in [2.05, 4.69) is 9.97 Å². The number of carbonyl (C=O) groups excluding carboxylic acids is 2. The number of halogens is 1. The SMILES string of the molecule is CC(=O)c1c[nH]c(C(=O)OCc2ncc(-c3ccc(Cl)cc3)o2)c1. The first-order valence-electron chi connectivity index (χ1n) is 7.10. The molecule has 7 heteroatoms. The maximum absolute atomic E-state index is 11.9. The molecule has 0 aliphatic heterocycles. The molecule has 0 aliphatic rings. The Morgan fingerprint density at radius 2 is 2.04 bits per heavy atom. The van der Waals surface area contributed by atoms with Crippen molar-refractivity contribution in [3.05, 3.63) is 64.9 Å². The molecule has 0 fully saturated rings. The second-order valence-electron chi connectivity index (χ2n) is 5.06. The second kappa shape index (κ2) is 6.72. The summed E-state index contributed by atoms with van der Waals surface area (Å²) in [5.41, 5.74) is 1.44. The molecule has 2 heterocycles. The molecule has 0 atom stereocenters. The van der Waals surface area contributed by atoms with Gasteiger partial charge in [-0.3, -0.25) is 4.79 Å². The van der Waals surface area contributed by atoms with Gasteiger partial charge in [0.15, 0.2) is 18.2 Å². The van der Waals surface area contributed by atoms with Crippen LogP contribution in [-0.4, -0.2) is 21.7 Å². The van der Waals surface area contributed by atoms with Crippen LogP contribution in [0.1, 0.15) is 33.7 Å². The van der Waals surface area contributed by atoms with Crippen LogP contribution in [-0.2, 0) is 11.3 Å². The number of aromatic amines is 1. The highest BCUT2D eigenvalue weighted by atomic mass is 35.5. The van der Waals surface area contributed by atoms with Crippen LogP contribution in [0.3, 0.4) is 0 Å². The zero-order chi connectivity index (χ0) is 17.1. The van der Waals surface area contributed by atoms with Gasteiger partial charge in [-0.15, -0.1) is 0 Å². The fraction of sp³-hybridized carbons (Fsp3) is 0.118. The minimum atomic E-state index is -0.589. The third kappa shape index (κ3) is 3.55. The van der Waals surface area contributed by atoms with E-state index in [1.54, 1.807) is 30.5 Å². The van der Waals surface area contributed by atoms with E-state index in [9.17, 15) is 9.59 Å². The van der Waals surface area contributed by atoms with Crippen LogP contribution < -0.4 is 0 Å². The van der Waals surface area contributed by atoms with Crippen molar-refractivity contribution in [2.45, 2.75) is 13.5 Å². The average Bonchev–Trinajstić information content (AvgIpc) is 3.23.